The van der Waals surface area contributed by atoms with Crippen LogP contribution in [0.25, 0.3) is 0 Å². The van der Waals surface area contributed by atoms with E-state index < -0.39 is 32.5 Å². The summed E-state index contributed by atoms with van der Waals surface area (Å²) < 4.78 is 47.2. The van der Waals surface area contributed by atoms with Crippen molar-refractivity contribution in [3.63, 3.8) is 0 Å². The second kappa shape index (κ2) is 8.38. The Kier molecular flexibility index (Phi) is 6.39. The van der Waals surface area contributed by atoms with E-state index in [1.165, 1.54) is 16.7 Å². The maximum Gasteiger partial charge on any atom is 0.269 e. The molecule has 30 heavy (non-hydrogen) atoms. The fourth-order valence-electron chi connectivity index (χ4n) is 2.34. The van der Waals surface area contributed by atoms with Gasteiger partial charge in [-0.15, -0.1) is 20.1 Å². The van der Waals surface area contributed by atoms with Gasteiger partial charge in [0.05, 0.1) is 11.4 Å². The number of benzene rings is 1. The average molecular weight is 534 g/mol. The molecule has 0 amide bonds. The SMILES string of the molecule is CN(C(C)(C)C)S(=O)(=O)c1scc(NC2=NS(=O)N=C2Nc2ccccc2Br)c1O. The van der Waals surface area contributed by atoms with E-state index in [0.29, 0.717) is 5.69 Å². The van der Waals surface area contributed by atoms with Crippen LogP contribution in [0.4, 0.5) is 11.4 Å². The monoisotopic (exact) mass is 533 g/mol. The largest absolute Gasteiger partial charge is 0.504 e. The zero-order valence-electron chi connectivity index (χ0n) is 16.5. The summed E-state index contributed by atoms with van der Waals surface area (Å²) in [5.74, 6) is -0.121. The fourth-order valence-corrected chi connectivity index (χ4v) is 6.24. The van der Waals surface area contributed by atoms with Gasteiger partial charge in [-0.1, -0.05) is 12.1 Å². The fraction of sp³-hybridized carbons (Fsp3) is 0.294. The van der Waals surface area contributed by atoms with Crippen LogP contribution in [0.15, 0.2) is 47.1 Å². The molecule has 1 unspecified atom stereocenters. The molecule has 0 aliphatic carbocycles. The summed E-state index contributed by atoms with van der Waals surface area (Å²) in [7, 11) is -2.45. The Morgan fingerprint density at radius 2 is 1.70 bits per heavy atom. The zero-order chi connectivity index (χ0) is 22.3. The molecule has 0 bridgehead atoms. The summed E-state index contributed by atoms with van der Waals surface area (Å²) in [4.78, 5) is 0. The van der Waals surface area contributed by atoms with E-state index in [1.807, 2.05) is 18.2 Å². The highest BCUT2D eigenvalue weighted by atomic mass is 79.9. The van der Waals surface area contributed by atoms with E-state index in [-0.39, 0.29) is 21.6 Å². The molecule has 2 aromatic rings. The molecular formula is C17H20BrN5O4S3. The standard InChI is InChI=1S/C17H20BrN5O4S3/c1-17(2,3)23(4)30(26,27)16-13(24)12(9-28-16)20-15-14(21-29(25)22-15)19-11-8-6-5-7-10(11)18/h5-9,24H,1-4H3,(H,19,21)(H,20,22). The summed E-state index contributed by atoms with van der Waals surface area (Å²) >= 11 is 2.44. The maximum absolute atomic E-state index is 12.9. The molecule has 2 heterocycles. The lowest BCUT2D eigenvalue weighted by Crippen LogP contribution is -2.42. The van der Waals surface area contributed by atoms with E-state index in [2.05, 4.69) is 35.4 Å². The lowest BCUT2D eigenvalue weighted by Gasteiger charge is -2.30. The number of thiophene rings is 1. The second-order valence-electron chi connectivity index (χ2n) is 7.27. The number of aromatic hydroxyl groups is 1. The van der Waals surface area contributed by atoms with Gasteiger partial charge in [-0.25, -0.2) is 12.6 Å². The van der Waals surface area contributed by atoms with Crippen molar-refractivity contribution in [1.29, 1.82) is 0 Å². The maximum atomic E-state index is 12.9. The molecule has 0 radical (unpaired) electrons. The number of hydrogen-bond donors (Lipinski definition) is 3. The molecule has 3 N–H and O–H groups in total. The normalized spacial score (nSPS) is 17.1. The van der Waals surface area contributed by atoms with Gasteiger partial charge in [0.25, 0.3) is 21.2 Å². The topological polar surface area (TPSA) is 123 Å². The van der Waals surface area contributed by atoms with Gasteiger partial charge in [0, 0.05) is 22.4 Å². The van der Waals surface area contributed by atoms with E-state index in [1.54, 1.807) is 26.8 Å². The number of amidine groups is 2. The quantitative estimate of drug-likeness (QED) is 0.552. The summed E-state index contributed by atoms with van der Waals surface area (Å²) in [5, 5.41) is 17.9. The number of para-hydroxylation sites is 1. The molecule has 0 saturated heterocycles. The van der Waals surface area contributed by atoms with Crippen molar-refractivity contribution in [3.8, 4) is 5.75 Å². The van der Waals surface area contributed by atoms with Crippen molar-refractivity contribution in [2.24, 2.45) is 8.80 Å². The molecule has 0 saturated carbocycles. The highest BCUT2D eigenvalue weighted by Gasteiger charge is 2.35. The van der Waals surface area contributed by atoms with E-state index in [0.717, 1.165) is 15.8 Å². The first-order valence-electron chi connectivity index (χ1n) is 8.59. The molecule has 0 fully saturated rings. The number of hydrogen-bond acceptors (Lipinski definition) is 7. The van der Waals surface area contributed by atoms with Crippen molar-refractivity contribution in [1.82, 2.24) is 4.31 Å². The van der Waals surface area contributed by atoms with Crippen LogP contribution in [0.3, 0.4) is 0 Å². The van der Waals surface area contributed by atoms with Crippen molar-refractivity contribution < 1.29 is 17.7 Å². The lowest BCUT2D eigenvalue weighted by molar-refractivity contribution is 0.291. The minimum Gasteiger partial charge on any atom is -0.504 e. The van der Waals surface area contributed by atoms with Crippen LogP contribution in [-0.4, -0.2) is 46.3 Å². The first-order valence-corrected chi connectivity index (χ1v) is 12.8. The molecule has 1 aromatic heterocycles. The zero-order valence-corrected chi connectivity index (χ0v) is 20.5. The Bertz CT molecular complexity index is 1170. The Balaban J connectivity index is 1.87. The summed E-state index contributed by atoms with van der Waals surface area (Å²) in [6.45, 7) is 5.27. The molecule has 1 aromatic carbocycles. The van der Waals surface area contributed by atoms with Crippen molar-refractivity contribution in [3.05, 3.63) is 34.1 Å². The van der Waals surface area contributed by atoms with Crippen molar-refractivity contribution in [2.45, 2.75) is 30.5 Å². The van der Waals surface area contributed by atoms with Gasteiger partial charge in [-0.2, -0.15) is 4.31 Å². The predicted molar refractivity (Wildman–Crippen MR) is 125 cm³/mol. The van der Waals surface area contributed by atoms with Gasteiger partial charge in [-0.3, -0.25) is 0 Å². The van der Waals surface area contributed by atoms with Gasteiger partial charge >= 0.3 is 0 Å². The predicted octanol–water partition coefficient (Wildman–Crippen LogP) is 3.55. The molecule has 3 rings (SSSR count). The third-order valence-electron chi connectivity index (χ3n) is 4.21. The number of nitrogens with one attached hydrogen (secondary N) is 2. The molecule has 9 nitrogen and oxygen atoms in total. The van der Waals surface area contributed by atoms with Gasteiger partial charge in [0.1, 0.15) is 0 Å². The number of sulfonamides is 1. The minimum atomic E-state index is -3.91. The molecule has 1 aliphatic heterocycles. The summed E-state index contributed by atoms with van der Waals surface area (Å²) in [5.41, 5.74) is 0.136. The van der Waals surface area contributed by atoms with Crippen LogP contribution >= 0.6 is 27.3 Å². The van der Waals surface area contributed by atoms with E-state index >= 15 is 0 Å². The minimum absolute atomic E-state index is 0.116. The van der Waals surface area contributed by atoms with Crippen LogP contribution in [0.2, 0.25) is 0 Å². The highest BCUT2D eigenvalue weighted by molar-refractivity contribution is 9.10. The Labute approximate surface area is 189 Å². The van der Waals surface area contributed by atoms with Gasteiger partial charge in [0.2, 0.25) is 0 Å². The first-order chi connectivity index (χ1) is 13.9. The molecule has 162 valence electrons. The van der Waals surface area contributed by atoms with Crippen LogP contribution < -0.4 is 10.6 Å². The number of rotatable bonds is 4. The Morgan fingerprint density at radius 1 is 1.13 bits per heavy atom. The van der Waals surface area contributed by atoms with E-state index in [9.17, 15) is 17.7 Å². The smallest absolute Gasteiger partial charge is 0.269 e. The Hall–Kier alpha value is -1.80. The van der Waals surface area contributed by atoms with Crippen LogP contribution in [0.1, 0.15) is 20.8 Å². The number of anilines is 2. The highest BCUT2D eigenvalue weighted by Crippen LogP contribution is 2.40. The van der Waals surface area contributed by atoms with Gasteiger partial charge in [-0.05, 0) is 48.8 Å². The second-order valence-corrected chi connectivity index (χ2v) is 12.0. The van der Waals surface area contributed by atoms with Crippen LogP contribution in [-0.2, 0) is 21.2 Å². The van der Waals surface area contributed by atoms with Crippen LogP contribution in [0, 0.1) is 0 Å². The molecule has 0 spiro atoms. The third-order valence-corrected chi connectivity index (χ3v) is 9.20. The van der Waals surface area contributed by atoms with Gasteiger partial charge in [0.15, 0.2) is 21.6 Å². The first kappa shape index (κ1) is 22.9. The Morgan fingerprint density at radius 3 is 2.27 bits per heavy atom. The van der Waals surface area contributed by atoms with Crippen molar-refractivity contribution in [2.75, 3.05) is 17.7 Å². The molecule has 1 aliphatic rings. The number of nitrogens with zero attached hydrogens (tertiary/aromatic N) is 3. The van der Waals surface area contributed by atoms with Crippen molar-refractivity contribution >= 4 is 71.5 Å². The molecule has 13 heteroatoms. The van der Waals surface area contributed by atoms with E-state index in [4.69, 9.17) is 0 Å². The summed E-state index contributed by atoms with van der Waals surface area (Å²) in [6.07, 6.45) is 0. The lowest BCUT2D eigenvalue weighted by atomic mass is 10.1. The average Bonchev–Trinajstić information content (AvgIpc) is 3.18. The number of halogens is 1. The molecular weight excluding hydrogens is 514 g/mol. The van der Waals surface area contributed by atoms with Crippen LogP contribution in [0.5, 0.6) is 5.75 Å². The molecule has 1 atom stereocenters. The summed E-state index contributed by atoms with van der Waals surface area (Å²) in [6, 6.07) is 7.28. The van der Waals surface area contributed by atoms with Gasteiger partial charge < -0.3 is 15.7 Å². The third kappa shape index (κ3) is 4.59.